The summed E-state index contributed by atoms with van der Waals surface area (Å²) < 4.78 is 25.5. The van der Waals surface area contributed by atoms with Gasteiger partial charge in [0.1, 0.15) is 0 Å². The predicted molar refractivity (Wildman–Crippen MR) is 88.9 cm³/mol. The first-order valence-corrected chi connectivity index (χ1v) is 8.92. The van der Waals surface area contributed by atoms with E-state index in [-0.39, 0.29) is 17.0 Å². The number of amides is 1. The first-order chi connectivity index (χ1) is 10.8. The molecule has 0 unspecified atom stereocenters. The highest BCUT2D eigenvalue weighted by atomic mass is 35.5. The third kappa shape index (κ3) is 3.07. The second kappa shape index (κ2) is 5.79. The molecule has 3 rings (SSSR count). The minimum atomic E-state index is -3.75. The maximum Gasteiger partial charge on any atom is 0.265 e. The molecule has 8 heteroatoms. The lowest BCUT2D eigenvalue weighted by Crippen LogP contribution is -2.24. The van der Waals surface area contributed by atoms with Crippen molar-refractivity contribution >= 4 is 44.8 Å². The molecule has 0 aliphatic carbocycles. The number of sulfonamides is 1. The summed E-state index contributed by atoms with van der Waals surface area (Å²) >= 11 is 12.0. The number of rotatable bonds is 4. The van der Waals surface area contributed by atoms with E-state index in [4.69, 9.17) is 23.2 Å². The normalized spacial score (nSPS) is 16.0. The number of nitrogens with one attached hydrogen (secondary N) is 2. The Morgan fingerprint density at radius 1 is 1.09 bits per heavy atom. The molecule has 2 aromatic carbocycles. The molecule has 1 amide bonds. The first-order valence-electron chi connectivity index (χ1n) is 6.68. The van der Waals surface area contributed by atoms with Gasteiger partial charge in [-0.3, -0.25) is 4.79 Å². The molecule has 0 bridgehead atoms. The molecular formula is C15H12Cl2N2O3S. The molecule has 0 saturated heterocycles. The number of carbonyl (C=O) groups excluding carboxylic acids is 1. The van der Waals surface area contributed by atoms with Crippen molar-refractivity contribution in [2.75, 3.05) is 5.32 Å². The molecule has 0 saturated carbocycles. The molecule has 2 aromatic rings. The van der Waals surface area contributed by atoms with E-state index in [0.717, 1.165) is 5.56 Å². The van der Waals surface area contributed by atoms with Crippen molar-refractivity contribution in [3.05, 3.63) is 59.7 Å². The van der Waals surface area contributed by atoms with Crippen LogP contribution in [0.15, 0.2) is 53.4 Å². The molecule has 0 aromatic heterocycles. The number of carbonyl (C=O) groups is 1. The van der Waals surface area contributed by atoms with Gasteiger partial charge in [-0.2, -0.15) is 0 Å². The molecule has 1 aliphatic heterocycles. The van der Waals surface area contributed by atoms with Crippen molar-refractivity contribution in [3.63, 3.8) is 0 Å². The summed E-state index contributed by atoms with van der Waals surface area (Å²) in [5.41, 5.74) is 1.47. The fourth-order valence-corrected chi connectivity index (χ4v) is 3.69. The quantitative estimate of drug-likeness (QED) is 0.812. The van der Waals surface area contributed by atoms with Gasteiger partial charge < -0.3 is 5.32 Å². The van der Waals surface area contributed by atoms with Gasteiger partial charge in [0.2, 0.25) is 14.4 Å². The van der Waals surface area contributed by atoms with E-state index < -0.39 is 20.3 Å². The number of halogens is 2. The van der Waals surface area contributed by atoms with Crippen LogP contribution < -0.4 is 10.0 Å². The summed E-state index contributed by atoms with van der Waals surface area (Å²) in [6.07, 6.45) is 0. The van der Waals surface area contributed by atoms with Crippen LogP contribution in [0.4, 0.5) is 5.69 Å². The molecule has 0 spiro atoms. The van der Waals surface area contributed by atoms with Crippen LogP contribution in [-0.4, -0.2) is 14.3 Å². The molecule has 2 N–H and O–H groups in total. The standard InChI is InChI=1S/C15H12Cl2N2O3S/c16-15(17)12-8-11(6-7-13(12)19-14(15)20)23(21,22)18-9-10-4-2-1-3-5-10/h1-8,18H,9H2,(H,19,20). The van der Waals surface area contributed by atoms with Gasteiger partial charge in [-0.1, -0.05) is 53.5 Å². The van der Waals surface area contributed by atoms with E-state index in [1.807, 2.05) is 30.3 Å². The number of fused-ring (bicyclic) bond motifs is 1. The second-order valence-corrected chi connectivity index (χ2v) is 8.14. The maximum absolute atomic E-state index is 12.4. The zero-order valence-electron chi connectivity index (χ0n) is 11.7. The zero-order chi connectivity index (χ0) is 16.7. The Hall–Kier alpha value is -1.60. The molecule has 0 radical (unpaired) electrons. The average Bonchev–Trinajstić information content (AvgIpc) is 2.76. The summed E-state index contributed by atoms with van der Waals surface area (Å²) in [5.74, 6) is -0.595. The molecular weight excluding hydrogens is 359 g/mol. The van der Waals surface area contributed by atoms with Gasteiger partial charge >= 0.3 is 0 Å². The number of anilines is 1. The third-order valence-corrected chi connectivity index (χ3v) is 5.63. The molecule has 5 nitrogen and oxygen atoms in total. The van der Waals surface area contributed by atoms with Crippen LogP contribution in [0, 0.1) is 0 Å². The molecule has 1 aliphatic rings. The lowest BCUT2D eigenvalue weighted by Gasteiger charge is -2.12. The Morgan fingerprint density at radius 3 is 2.48 bits per heavy atom. The Morgan fingerprint density at radius 2 is 1.78 bits per heavy atom. The van der Waals surface area contributed by atoms with Gasteiger partial charge in [-0.15, -0.1) is 0 Å². The Bertz CT molecular complexity index is 868. The van der Waals surface area contributed by atoms with Crippen molar-refractivity contribution in [2.45, 2.75) is 15.8 Å². The van der Waals surface area contributed by atoms with Gasteiger partial charge in [-0.05, 0) is 23.8 Å². The van der Waals surface area contributed by atoms with Crippen LogP contribution in [-0.2, 0) is 25.7 Å². The number of alkyl halides is 2. The van der Waals surface area contributed by atoms with Gasteiger partial charge in [0.15, 0.2) is 0 Å². The molecule has 1 heterocycles. The van der Waals surface area contributed by atoms with Crippen molar-refractivity contribution in [3.8, 4) is 0 Å². The summed E-state index contributed by atoms with van der Waals surface area (Å²) in [6.45, 7) is 0.157. The fourth-order valence-electron chi connectivity index (χ4n) is 2.24. The minimum absolute atomic E-state index is 0.00523. The molecule has 23 heavy (non-hydrogen) atoms. The lowest BCUT2D eigenvalue weighted by molar-refractivity contribution is -0.116. The summed E-state index contributed by atoms with van der Waals surface area (Å²) in [7, 11) is -3.75. The van der Waals surface area contributed by atoms with Gasteiger partial charge in [-0.25, -0.2) is 13.1 Å². The molecule has 0 fully saturated rings. The maximum atomic E-state index is 12.4. The topological polar surface area (TPSA) is 75.3 Å². The lowest BCUT2D eigenvalue weighted by atomic mass is 10.1. The van der Waals surface area contributed by atoms with E-state index in [0.29, 0.717) is 5.69 Å². The van der Waals surface area contributed by atoms with E-state index in [1.54, 1.807) is 0 Å². The Kier molecular flexibility index (Phi) is 4.10. The third-order valence-electron chi connectivity index (χ3n) is 3.48. The minimum Gasteiger partial charge on any atom is -0.323 e. The summed E-state index contributed by atoms with van der Waals surface area (Å²) in [4.78, 5) is 11.7. The van der Waals surface area contributed by atoms with Gasteiger partial charge in [0, 0.05) is 17.8 Å². The van der Waals surface area contributed by atoms with E-state index in [2.05, 4.69) is 10.0 Å². The number of benzene rings is 2. The second-order valence-electron chi connectivity index (χ2n) is 5.05. The first kappa shape index (κ1) is 16.3. The van der Waals surface area contributed by atoms with Crippen LogP contribution in [0.25, 0.3) is 0 Å². The number of hydrogen-bond donors (Lipinski definition) is 2. The highest BCUT2D eigenvalue weighted by Gasteiger charge is 2.44. The molecule has 120 valence electrons. The van der Waals surface area contributed by atoms with Crippen LogP contribution in [0.5, 0.6) is 0 Å². The van der Waals surface area contributed by atoms with Crippen molar-refractivity contribution < 1.29 is 13.2 Å². The van der Waals surface area contributed by atoms with Crippen molar-refractivity contribution in [1.29, 1.82) is 0 Å². The van der Waals surface area contributed by atoms with Crippen LogP contribution >= 0.6 is 23.2 Å². The zero-order valence-corrected chi connectivity index (χ0v) is 14.0. The highest BCUT2D eigenvalue weighted by molar-refractivity contribution is 7.89. The SMILES string of the molecule is O=C1Nc2ccc(S(=O)(=O)NCc3ccccc3)cc2C1(Cl)Cl. The van der Waals surface area contributed by atoms with Gasteiger partial charge in [0.05, 0.1) is 4.90 Å². The van der Waals surface area contributed by atoms with Crippen LogP contribution in [0.3, 0.4) is 0 Å². The monoisotopic (exact) mass is 370 g/mol. The van der Waals surface area contributed by atoms with Crippen LogP contribution in [0.1, 0.15) is 11.1 Å². The Balaban J connectivity index is 1.87. The van der Waals surface area contributed by atoms with Gasteiger partial charge in [0.25, 0.3) is 5.91 Å². The van der Waals surface area contributed by atoms with E-state index in [1.165, 1.54) is 18.2 Å². The van der Waals surface area contributed by atoms with Crippen molar-refractivity contribution in [2.24, 2.45) is 0 Å². The van der Waals surface area contributed by atoms with Crippen LogP contribution in [0.2, 0.25) is 0 Å². The summed E-state index contributed by atoms with van der Waals surface area (Å²) in [6, 6.07) is 13.3. The largest absolute Gasteiger partial charge is 0.323 e. The highest BCUT2D eigenvalue weighted by Crippen LogP contribution is 2.45. The predicted octanol–water partition coefficient (Wildman–Crippen LogP) is 2.75. The number of hydrogen-bond acceptors (Lipinski definition) is 3. The summed E-state index contributed by atoms with van der Waals surface area (Å²) in [5, 5.41) is 2.51. The fraction of sp³-hybridized carbons (Fsp3) is 0.133. The Labute approximate surface area is 143 Å². The smallest absolute Gasteiger partial charge is 0.265 e. The van der Waals surface area contributed by atoms with Crippen molar-refractivity contribution in [1.82, 2.24) is 4.72 Å². The van der Waals surface area contributed by atoms with E-state index >= 15 is 0 Å². The van der Waals surface area contributed by atoms with E-state index in [9.17, 15) is 13.2 Å². The average molecular weight is 371 g/mol. The molecule has 0 atom stereocenters.